The van der Waals surface area contributed by atoms with Crippen molar-refractivity contribution in [1.29, 1.82) is 0 Å². The van der Waals surface area contributed by atoms with E-state index in [1.807, 2.05) is 57.2 Å². The number of ketones is 1. The Morgan fingerprint density at radius 2 is 1.79 bits per heavy atom. The van der Waals surface area contributed by atoms with Crippen LogP contribution in [0.5, 0.6) is 0 Å². The monoisotopic (exact) mass is 672 g/mol. The number of nitrogens with zero attached hydrogens (tertiary/aromatic N) is 2. The minimum absolute atomic E-state index is 0.0809. The lowest BCUT2D eigenvalue weighted by Gasteiger charge is -2.33. The maximum absolute atomic E-state index is 13.9. The van der Waals surface area contributed by atoms with E-state index in [1.54, 1.807) is 32.9 Å². The van der Waals surface area contributed by atoms with E-state index >= 15 is 0 Å². The summed E-state index contributed by atoms with van der Waals surface area (Å²) in [7, 11) is 0. The predicted molar refractivity (Wildman–Crippen MR) is 187 cm³/mol. The van der Waals surface area contributed by atoms with Gasteiger partial charge in [0, 0.05) is 59.8 Å². The molecule has 1 aromatic carbocycles. The Kier molecular flexibility index (Phi) is 13.9. The van der Waals surface area contributed by atoms with Crippen molar-refractivity contribution >= 4 is 17.2 Å². The Morgan fingerprint density at radius 3 is 2.35 bits per heavy atom. The van der Waals surface area contributed by atoms with Crippen LogP contribution >= 0.6 is 0 Å². The van der Waals surface area contributed by atoms with Crippen molar-refractivity contribution < 1.29 is 26.7 Å². The normalized spacial score (nSPS) is 17.1. The highest BCUT2D eigenvalue weighted by atomic mass is 19.4. The molecule has 48 heavy (non-hydrogen) atoms. The lowest BCUT2D eigenvalue weighted by atomic mass is 9.69. The number of nitrogens with two attached hydrogens (primary N) is 2. The van der Waals surface area contributed by atoms with Gasteiger partial charge in [-0.2, -0.15) is 22.0 Å². The molecule has 1 aliphatic rings. The number of hydrogen-bond acceptors (Lipinski definition) is 5. The largest absolute Gasteiger partial charge is 0.453 e. The van der Waals surface area contributed by atoms with Crippen LogP contribution in [0.15, 0.2) is 107 Å². The summed E-state index contributed by atoms with van der Waals surface area (Å²) in [5.41, 5.74) is 16.9. The van der Waals surface area contributed by atoms with Crippen molar-refractivity contribution in [2.45, 2.75) is 91.2 Å². The molecule has 262 valence electrons. The number of rotatable bonds is 15. The van der Waals surface area contributed by atoms with Crippen molar-refractivity contribution in [1.82, 2.24) is 4.90 Å². The Labute approximate surface area is 282 Å². The highest BCUT2D eigenvalue weighted by molar-refractivity contribution is 6.04. The predicted octanol–water partition coefficient (Wildman–Crippen LogP) is 9.47. The van der Waals surface area contributed by atoms with Gasteiger partial charge >= 0.3 is 12.1 Å². The molecule has 0 bridgehead atoms. The number of aliphatic imine (C=N–C) groups is 1. The van der Waals surface area contributed by atoms with E-state index < -0.39 is 30.5 Å². The average Bonchev–Trinajstić information content (AvgIpc) is 3.18. The lowest BCUT2D eigenvalue weighted by molar-refractivity contribution is -0.284. The van der Waals surface area contributed by atoms with Gasteiger partial charge in [-0.05, 0) is 63.3 Å². The molecule has 5 nitrogen and oxygen atoms in total. The zero-order valence-corrected chi connectivity index (χ0v) is 28.9. The molecule has 0 amide bonds. The van der Waals surface area contributed by atoms with E-state index in [-0.39, 0.29) is 24.6 Å². The molecule has 1 atom stereocenters. The zero-order chi connectivity index (χ0) is 36.4. The highest BCUT2D eigenvalue weighted by Crippen LogP contribution is 2.41. The fourth-order valence-electron chi connectivity index (χ4n) is 5.86. The van der Waals surface area contributed by atoms with Crippen LogP contribution in [0, 0.1) is 0 Å². The van der Waals surface area contributed by atoms with Crippen molar-refractivity contribution in [2.24, 2.45) is 16.5 Å². The summed E-state index contributed by atoms with van der Waals surface area (Å²) in [5, 5.41) is 0. The van der Waals surface area contributed by atoms with E-state index in [9.17, 15) is 26.7 Å². The third-order valence-electron chi connectivity index (χ3n) is 8.67. The van der Waals surface area contributed by atoms with Gasteiger partial charge in [-0.15, -0.1) is 0 Å². The average molecular weight is 673 g/mol. The van der Waals surface area contributed by atoms with Crippen molar-refractivity contribution in [3.05, 3.63) is 113 Å². The topological polar surface area (TPSA) is 84.7 Å². The quantitative estimate of drug-likeness (QED) is 0.110. The summed E-state index contributed by atoms with van der Waals surface area (Å²) in [6.45, 7) is 18.3. The van der Waals surface area contributed by atoms with E-state index in [0.717, 1.165) is 18.4 Å². The molecule has 2 rings (SSSR count). The molecular weight excluding hydrogens is 623 g/mol. The van der Waals surface area contributed by atoms with Gasteiger partial charge in [0.25, 0.3) is 0 Å². The molecule has 1 heterocycles. The molecule has 10 heteroatoms. The lowest BCUT2D eigenvalue weighted by Crippen LogP contribution is -2.40. The first kappa shape index (κ1) is 40.0. The standard InChI is InChI=1S/C38H49F5N4O/c1-9-12-16-25(4)34(36(8,33(48)11-3)30-18-14-17-29(24-30)26(5)44)35(45)46-27(6)31-20-15-22-47(28(7)32(31)19-13-10-2)23-21-37(39,40)38(41,42)43/h10,13-14,16-20,24H,2,5,9,11-12,15,21-23,44-45H2,1,3-4,6-8H3/b19-13-,25-16+,35-34+,46-27?. The molecule has 0 aromatic heterocycles. The smallest absolute Gasteiger partial charge is 0.399 e. The van der Waals surface area contributed by atoms with Crippen LogP contribution in [-0.4, -0.2) is 41.6 Å². The van der Waals surface area contributed by atoms with Gasteiger partial charge in [-0.25, -0.2) is 4.99 Å². The van der Waals surface area contributed by atoms with Gasteiger partial charge in [0.2, 0.25) is 0 Å². The Bertz CT molecular complexity index is 1560. The maximum atomic E-state index is 13.9. The molecule has 1 unspecified atom stereocenters. The van der Waals surface area contributed by atoms with Gasteiger partial charge in [0.15, 0.2) is 0 Å². The molecule has 4 N–H and O–H groups in total. The molecule has 0 radical (unpaired) electrons. The number of carbonyl (C=O) groups is 1. The summed E-state index contributed by atoms with van der Waals surface area (Å²) >= 11 is 0. The summed E-state index contributed by atoms with van der Waals surface area (Å²) in [6, 6.07) is 7.32. The Balaban J connectivity index is 2.84. The maximum Gasteiger partial charge on any atom is 0.453 e. The summed E-state index contributed by atoms with van der Waals surface area (Å²) in [4.78, 5) is 20.3. The fourth-order valence-corrected chi connectivity index (χ4v) is 5.86. The van der Waals surface area contributed by atoms with Gasteiger partial charge in [0.1, 0.15) is 11.6 Å². The molecule has 0 saturated carbocycles. The third kappa shape index (κ3) is 9.23. The van der Waals surface area contributed by atoms with Crippen molar-refractivity contribution in [2.75, 3.05) is 13.1 Å². The number of unbranched alkanes of at least 4 members (excludes halogenated alkanes) is 1. The molecule has 1 aliphatic heterocycles. The van der Waals surface area contributed by atoms with Gasteiger partial charge in [-0.1, -0.05) is 82.0 Å². The number of carbonyl (C=O) groups excluding carboxylic acids is 1. The number of hydrogen-bond donors (Lipinski definition) is 2. The first-order valence-corrected chi connectivity index (χ1v) is 16.1. The molecule has 0 saturated heterocycles. The van der Waals surface area contributed by atoms with Crippen molar-refractivity contribution in [3.8, 4) is 0 Å². The molecular formula is C38H49F5N4O. The summed E-state index contributed by atoms with van der Waals surface area (Å²) < 4.78 is 66.5. The first-order chi connectivity index (χ1) is 22.4. The van der Waals surface area contributed by atoms with E-state index in [1.165, 1.54) is 11.0 Å². The number of benzene rings is 1. The van der Waals surface area contributed by atoms with Crippen LogP contribution in [0.3, 0.4) is 0 Å². The van der Waals surface area contributed by atoms with E-state index in [0.29, 0.717) is 51.4 Å². The minimum Gasteiger partial charge on any atom is -0.399 e. The highest BCUT2D eigenvalue weighted by Gasteiger charge is 2.56. The second-order valence-corrected chi connectivity index (χ2v) is 12.1. The number of alkyl halides is 5. The van der Waals surface area contributed by atoms with Gasteiger partial charge in [0.05, 0.1) is 5.41 Å². The minimum atomic E-state index is -5.63. The Morgan fingerprint density at radius 1 is 1.12 bits per heavy atom. The number of halogens is 5. The zero-order valence-electron chi connectivity index (χ0n) is 28.9. The van der Waals surface area contributed by atoms with E-state index in [2.05, 4.69) is 13.2 Å². The summed E-state index contributed by atoms with van der Waals surface area (Å²) in [5.74, 6) is -4.78. The van der Waals surface area contributed by atoms with Crippen LogP contribution in [0.2, 0.25) is 0 Å². The van der Waals surface area contributed by atoms with Crippen LogP contribution in [-0.2, 0) is 10.2 Å². The fraction of sp³-hybridized carbons (Fsp3) is 0.421. The van der Waals surface area contributed by atoms with Crippen LogP contribution in [0.1, 0.15) is 84.8 Å². The van der Waals surface area contributed by atoms with E-state index in [4.69, 9.17) is 16.5 Å². The van der Waals surface area contributed by atoms with Crippen molar-refractivity contribution in [3.63, 3.8) is 0 Å². The number of allylic oxidation sites excluding steroid dienone is 9. The van der Waals surface area contributed by atoms with Crippen LogP contribution in [0.25, 0.3) is 5.70 Å². The molecule has 0 spiro atoms. The van der Waals surface area contributed by atoms with Gasteiger partial charge in [-0.3, -0.25) is 4.79 Å². The molecule has 1 aromatic rings. The molecule has 0 aliphatic carbocycles. The molecule has 0 fully saturated rings. The van der Waals surface area contributed by atoms with Crippen LogP contribution < -0.4 is 11.5 Å². The number of Topliss-reactive ketones (excluding diaryl/α,β-unsaturated/α-hetero) is 1. The third-order valence-corrected chi connectivity index (χ3v) is 8.67. The summed E-state index contributed by atoms with van der Waals surface area (Å²) in [6.07, 6.45) is 4.00. The second kappa shape index (κ2) is 16.8. The first-order valence-electron chi connectivity index (χ1n) is 16.1. The van der Waals surface area contributed by atoms with Crippen LogP contribution in [0.4, 0.5) is 22.0 Å². The Hall–Kier alpha value is -4.21. The SMILES string of the molecule is C=C/C=C\C1=C(C)N(CCC(F)(F)C(F)(F)F)CCC=C1C(C)=N/C(N)=C(\C(C)=C\CCC)C(C)(C(=O)CC)c1cccc(C(=C)N)c1. The van der Waals surface area contributed by atoms with Gasteiger partial charge < -0.3 is 16.4 Å². The second-order valence-electron chi connectivity index (χ2n) is 12.1.